The highest BCUT2D eigenvalue weighted by molar-refractivity contribution is 8.18. The van der Waals surface area contributed by atoms with Gasteiger partial charge in [0, 0.05) is 17.0 Å². The Labute approximate surface area is 144 Å². The first kappa shape index (κ1) is 17.7. The number of carbonyl (C=O) groups excluding carboxylic acids is 3. The zero-order chi connectivity index (χ0) is 17.1. The first-order valence-corrected chi connectivity index (χ1v) is 9.11. The van der Waals surface area contributed by atoms with Crippen LogP contribution in [0.25, 0.3) is 6.08 Å². The summed E-state index contributed by atoms with van der Waals surface area (Å²) in [6.45, 7) is 7.47. The molecule has 0 atom stereocenters. The van der Waals surface area contributed by atoms with Crippen LogP contribution in [0.4, 0.5) is 4.79 Å². The van der Waals surface area contributed by atoms with E-state index >= 15 is 0 Å². The summed E-state index contributed by atoms with van der Waals surface area (Å²) in [5.74, 6) is -0.608. The van der Waals surface area contributed by atoms with Gasteiger partial charge < -0.3 is 4.90 Å². The summed E-state index contributed by atoms with van der Waals surface area (Å²) >= 11 is 2.38. The minimum absolute atomic E-state index is 0.0177. The quantitative estimate of drug-likeness (QED) is 0.762. The van der Waals surface area contributed by atoms with E-state index in [1.54, 1.807) is 11.0 Å². The minimum Gasteiger partial charge on any atom is -0.336 e. The van der Waals surface area contributed by atoms with E-state index in [0.29, 0.717) is 4.91 Å². The number of hydrogen-bond acceptors (Lipinski definition) is 5. The van der Waals surface area contributed by atoms with Gasteiger partial charge in [-0.1, -0.05) is 6.07 Å². The Hall–Kier alpha value is -1.60. The van der Waals surface area contributed by atoms with Gasteiger partial charge in [0.15, 0.2) is 0 Å². The molecule has 0 aliphatic carbocycles. The number of rotatable bonds is 5. The lowest BCUT2D eigenvalue weighted by molar-refractivity contribution is -0.138. The summed E-state index contributed by atoms with van der Waals surface area (Å²) in [6.07, 6.45) is 1.70. The van der Waals surface area contributed by atoms with Crippen molar-refractivity contribution in [3.05, 3.63) is 27.3 Å². The average molecular weight is 352 g/mol. The van der Waals surface area contributed by atoms with E-state index in [2.05, 4.69) is 0 Å². The van der Waals surface area contributed by atoms with E-state index in [-0.39, 0.29) is 24.5 Å². The van der Waals surface area contributed by atoms with Gasteiger partial charge in [-0.15, -0.1) is 11.3 Å². The number of thiophene rings is 1. The Bertz CT molecular complexity index is 628. The summed E-state index contributed by atoms with van der Waals surface area (Å²) in [5.41, 5.74) is 0. The molecular weight excluding hydrogens is 332 g/mol. The topological polar surface area (TPSA) is 57.7 Å². The van der Waals surface area contributed by atoms with Crippen LogP contribution in [0.1, 0.15) is 32.6 Å². The van der Waals surface area contributed by atoms with E-state index in [1.165, 1.54) is 11.3 Å². The maximum Gasteiger partial charge on any atom is 0.294 e. The fraction of sp³-hybridized carbons (Fsp3) is 0.438. The molecule has 2 rings (SSSR count). The third-order valence-electron chi connectivity index (χ3n) is 3.38. The molecular formula is C16H20N2O3S2. The van der Waals surface area contributed by atoms with Crippen LogP contribution in [0.3, 0.4) is 0 Å². The molecule has 23 heavy (non-hydrogen) atoms. The molecule has 0 spiro atoms. The number of nitrogens with zero attached hydrogens (tertiary/aromatic N) is 2. The predicted molar refractivity (Wildman–Crippen MR) is 94.1 cm³/mol. The molecule has 0 unspecified atom stereocenters. The molecule has 1 aliphatic rings. The highest BCUT2D eigenvalue weighted by Gasteiger charge is 2.37. The Morgan fingerprint density at radius 2 is 1.91 bits per heavy atom. The summed E-state index contributed by atoms with van der Waals surface area (Å²) < 4.78 is 0. The molecule has 0 N–H and O–H groups in total. The lowest BCUT2D eigenvalue weighted by Crippen LogP contribution is -2.48. The highest BCUT2D eigenvalue weighted by atomic mass is 32.2. The van der Waals surface area contributed by atoms with Crippen molar-refractivity contribution in [2.24, 2.45) is 0 Å². The lowest BCUT2D eigenvalue weighted by atomic mass is 10.2. The summed E-state index contributed by atoms with van der Waals surface area (Å²) in [7, 11) is 0. The van der Waals surface area contributed by atoms with Crippen molar-refractivity contribution < 1.29 is 14.4 Å². The van der Waals surface area contributed by atoms with Gasteiger partial charge in [0.25, 0.3) is 11.1 Å². The minimum atomic E-state index is -0.394. The molecule has 3 amide bonds. The maximum atomic E-state index is 12.5. The van der Waals surface area contributed by atoms with Gasteiger partial charge in [-0.3, -0.25) is 19.3 Å². The maximum absolute atomic E-state index is 12.5. The smallest absolute Gasteiger partial charge is 0.294 e. The molecule has 1 aromatic heterocycles. The van der Waals surface area contributed by atoms with Crippen molar-refractivity contribution in [3.63, 3.8) is 0 Å². The highest BCUT2D eigenvalue weighted by Crippen LogP contribution is 2.33. The molecule has 1 saturated heterocycles. The molecule has 2 heterocycles. The standard InChI is InChI=1S/C16H20N2O3S2/c1-10(2)18(11(3)4)14(19)9-17-15(20)13(23-16(17)21)8-12-6-5-7-22-12/h5-8,10-11H,9H2,1-4H3/b13-8-. The first-order chi connectivity index (χ1) is 10.8. The third kappa shape index (κ3) is 4.03. The number of amides is 3. The fourth-order valence-electron chi connectivity index (χ4n) is 2.53. The molecule has 1 aromatic rings. The summed E-state index contributed by atoms with van der Waals surface area (Å²) in [4.78, 5) is 40.9. The van der Waals surface area contributed by atoms with Crippen LogP contribution in [0.2, 0.25) is 0 Å². The van der Waals surface area contributed by atoms with Crippen LogP contribution >= 0.6 is 23.1 Å². The van der Waals surface area contributed by atoms with Gasteiger partial charge in [-0.05, 0) is 57.0 Å². The van der Waals surface area contributed by atoms with E-state index in [4.69, 9.17) is 0 Å². The fourth-order valence-corrected chi connectivity index (χ4v) is 4.09. The molecule has 0 bridgehead atoms. The molecule has 0 saturated carbocycles. The van der Waals surface area contributed by atoms with Gasteiger partial charge in [0.2, 0.25) is 5.91 Å². The molecule has 5 nitrogen and oxygen atoms in total. The van der Waals surface area contributed by atoms with Gasteiger partial charge in [-0.25, -0.2) is 0 Å². The Kier molecular flexibility index (Phi) is 5.64. The van der Waals surface area contributed by atoms with Gasteiger partial charge >= 0.3 is 0 Å². The molecule has 1 aliphatic heterocycles. The molecule has 124 valence electrons. The SMILES string of the molecule is CC(C)N(C(=O)CN1C(=O)S/C(=C\c2cccs2)C1=O)C(C)C. The second-order valence-electron chi connectivity index (χ2n) is 5.77. The van der Waals surface area contributed by atoms with Crippen molar-refractivity contribution in [1.29, 1.82) is 0 Å². The second-order valence-corrected chi connectivity index (χ2v) is 7.74. The second kappa shape index (κ2) is 7.31. The molecule has 0 radical (unpaired) electrons. The van der Waals surface area contributed by atoms with Crippen LogP contribution in [0.5, 0.6) is 0 Å². The molecule has 0 aromatic carbocycles. The van der Waals surface area contributed by atoms with E-state index in [1.807, 2.05) is 45.2 Å². The first-order valence-electron chi connectivity index (χ1n) is 7.41. The van der Waals surface area contributed by atoms with Crippen molar-refractivity contribution in [3.8, 4) is 0 Å². The monoisotopic (exact) mass is 352 g/mol. The lowest BCUT2D eigenvalue weighted by Gasteiger charge is -2.31. The number of hydrogen-bond donors (Lipinski definition) is 0. The third-order valence-corrected chi connectivity index (χ3v) is 5.11. The molecule has 7 heteroatoms. The number of thioether (sulfide) groups is 1. The number of imide groups is 1. The Morgan fingerprint density at radius 1 is 1.26 bits per heavy atom. The van der Waals surface area contributed by atoms with Crippen molar-refractivity contribution in [2.45, 2.75) is 39.8 Å². The van der Waals surface area contributed by atoms with E-state index in [0.717, 1.165) is 21.5 Å². The average Bonchev–Trinajstić information content (AvgIpc) is 3.03. The van der Waals surface area contributed by atoms with Gasteiger partial charge in [0.05, 0.1) is 4.91 Å². The Balaban J connectivity index is 2.13. The van der Waals surface area contributed by atoms with E-state index < -0.39 is 11.1 Å². The number of carbonyl (C=O) groups is 3. The van der Waals surface area contributed by atoms with Crippen LogP contribution in [-0.2, 0) is 9.59 Å². The van der Waals surface area contributed by atoms with Crippen LogP contribution in [0.15, 0.2) is 22.4 Å². The summed E-state index contributed by atoms with van der Waals surface area (Å²) in [6, 6.07) is 3.80. The van der Waals surface area contributed by atoms with Gasteiger partial charge in [-0.2, -0.15) is 0 Å². The zero-order valence-electron chi connectivity index (χ0n) is 13.6. The Morgan fingerprint density at radius 3 is 2.43 bits per heavy atom. The predicted octanol–water partition coefficient (Wildman–Crippen LogP) is 3.43. The van der Waals surface area contributed by atoms with Gasteiger partial charge in [0.1, 0.15) is 6.54 Å². The molecule has 1 fully saturated rings. The largest absolute Gasteiger partial charge is 0.336 e. The van der Waals surface area contributed by atoms with Crippen LogP contribution < -0.4 is 0 Å². The summed E-state index contributed by atoms with van der Waals surface area (Å²) in [5, 5.41) is 1.52. The zero-order valence-corrected chi connectivity index (χ0v) is 15.2. The van der Waals surface area contributed by atoms with Crippen LogP contribution in [-0.4, -0.2) is 45.5 Å². The van der Waals surface area contributed by atoms with Crippen LogP contribution in [0, 0.1) is 0 Å². The van der Waals surface area contributed by atoms with Crippen molar-refractivity contribution >= 4 is 46.2 Å². The van der Waals surface area contributed by atoms with E-state index in [9.17, 15) is 14.4 Å². The van der Waals surface area contributed by atoms with Crippen molar-refractivity contribution in [1.82, 2.24) is 9.80 Å². The van der Waals surface area contributed by atoms with Crippen molar-refractivity contribution in [2.75, 3.05) is 6.54 Å². The normalized spacial score (nSPS) is 17.0.